The van der Waals surface area contributed by atoms with Gasteiger partial charge in [-0.2, -0.15) is 0 Å². The highest BCUT2D eigenvalue weighted by Gasteiger charge is 2.14. The van der Waals surface area contributed by atoms with Crippen LogP contribution in [0.2, 0.25) is 0 Å². The van der Waals surface area contributed by atoms with Crippen LogP contribution in [0.3, 0.4) is 0 Å². The summed E-state index contributed by atoms with van der Waals surface area (Å²) in [5.41, 5.74) is 0. The van der Waals surface area contributed by atoms with Gasteiger partial charge in [-0.3, -0.25) is 9.59 Å². The molecule has 1 heterocycles. The first-order valence-corrected chi connectivity index (χ1v) is 5.52. The smallest absolute Gasteiger partial charge is 0.246 e. The fourth-order valence-corrected chi connectivity index (χ4v) is 1.47. The number of likely N-dealkylation sites (N-methyl/N-ethyl adjacent to an activating group) is 1. The summed E-state index contributed by atoms with van der Waals surface area (Å²) in [5.74, 6) is -0.461. The first-order valence-electron chi connectivity index (χ1n) is 5.52. The zero-order valence-electron chi connectivity index (χ0n) is 9.54. The number of rotatable bonds is 5. The van der Waals surface area contributed by atoms with Gasteiger partial charge in [0.1, 0.15) is 6.61 Å². The molecule has 6 nitrogen and oxygen atoms in total. The monoisotopic (exact) mass is 229 g/mol. The van der Waals surface area contributed by atoms with Gasteiger partial charge in [0.2, 0.25) is 11.8 Å². The Morgan fingerprint density at radius 2 is 2.00 bits per heavy atom. The third-order valence-corrected chi connectivity index (χ3v) is 2.46. The van der Waals surface area contributed by atoms with E-state index in [4.69, 9.17) is 4.74 Å². The van der Waals surface area contributed by atoms with E-state index in [2.05, 4.69) is 16.0 Å². The Balaban J connectivity index is 2.07. The zero-order chi connectivity index (χ0) is 11.8. The second-order valence-corrected chi connectivity index (χ2v) is 3.71. The van der Waals surface area contributed by atoms with Crippen LogP contribution in [0.1, 0.15) is 12.8 Å². The molecule has 1 fully saturated rings. The molecule has 0 aliphatic carbocycles. The Hall–Kier alpha value is -1.14. The van der Waals surface area contributed by atoms with E-state index in [1.165, 1.54) is 7.05 Å². The minimum absolute atomic E-state index is 0.00488. The summed E-state index contributed by atoms with van der Waals surface area (Å²) >= 11 is 0. The second-order valence-electron chi connectivity index (χ2n) is 3.71. The van der Waals surface area contributed by atoms with Crippen molar-refractivity contribution < 1.29 is 14.3 Å². The topological polar surface area (TPSA) is 79.5 Å². The van der Waals surface area contributed by atoms with Crippen molar-refractivity contribution in [2.24, 2.45) is 0 Å². The van der Waals surface area contributed by atoms with E-state index in [1.54, 1.807) is 0 Å². The lowest BCUT2D eigenvalue weighted by atomic mass is 10.1. The van der Waals surface area contributed by atoms with Crippen LogP contribution in [0.5, 0.6) is 0 Å². The van der Waals surface area contributed by atoms with Crippen molar-refractivity contribution >= 4 is 11.8 Å². The predicted molar refractivity (Wildman–Crippen MR) is 58.9 cm³/mol. The molecular formula is C10H19N3O3. The molecule has 0 unspecified atom stereocenters. The quantitative estimate of drug-likeness (QED) is 0.543. The maximum atomic E-state index is 11.3. The standard InChI is InChI=1S/C10H19N3O3/c1-11-9(14)6-13-10(15)7-16-8-2-4-12-5-3-8/h8,12H,2-7H2,1H3,(H,11,14)(H,13,15). The Morgan fingerprint density at radius 1 is 1.31 bits per heavy atom. The van der Waals surface area contributed by atoms with Crippen LogP contribution >= 0.6 is 0 Å². The first-order chi connectivity index (χ1) is 7.72. The number of ether oxygens (including phenoxy) is 1. The first kappa shape index (κ1) is 12.9. The van der Waals surface area contributed by atoms with E-state index in [0.29, 0.717) is 0 Å². The molecule has 16 heavy (non-hydrogen) atoms. The molecule has 0 saturated carbocycles. The van der Waals surface area contributed by atoms with Crippen LogP contribution in [-0.2, 0) is 14.3 Å². The van der Waals surface area contributed by atoms with Crippen LogP contribution in [-0.4, -0.2) is 51.2 Å². The van der Waals surface area contributed by atoms with Gasteiger partial charge in [0.05, 0.1) is 12.6 Å². The molecule has 92 valence electrons. The second kappa shape index (κ2) is 7.19. The highest BCUT2D eigenvalue weighted by molar-refractivity contribution is 5.84. The molecule has 0 aromatic rings. The molecule has 0 aromatic heterocycles. The minimum atomic E-state index is -0.248. The van der Waals surface area contributed by atoms with Gasteiger partial charge < -0.3 is 20.7 Å². The lowest BCUT2D eigenvalue weighted by molar-refractivity contribution is -0.130. The molecule has 1 aliphatic heterocycles. The van der Waals surface area contributed by atoms with Crippen molar-refractivity contribution in [3.05, 3.63) is 0 Å². The fraction of sp³-hybridized carbons (Fsp3) is 0.800. The van der Waals surface area contributed by atoms with Crippen LogP contribution in [0.4, 0.5) is 0 Å². The fourth-order valence-electron chi connectivity index (χ4n) is 1.47. The summed E-state index contributed by atoms with van der Waals surface area (Å²) in [4.78, 5) is 22.1. The van der Waals surface area contributed by atoms with Crippen LogP contribution in [0.25, 0.3) is 0 Å². The summed E-state index contributed by atoms with van der Waals surface area (Å²) in [6, 6.07) is 0. The van der Waals surface area contributed by atoms with Crippen LogP contribution < -0.4 is 16.0 Å². The van der Waals surface area contributed by atoms with Gasteiger partial charge in [-0.1, -0.05) is 0 Å². The number of carbonyl (C=O) groups is 2. The molecule has 6 heteroatoms. The molecule has 3 N–H and O–H groups in total. The predicted octanol–water partition coefficient (Wildman–Crippen LogP) is -1.38. The zero-order valence-corrected chi connectivity index (χ0v) is 9.54. The Bertz CT molecular complexity index is 239. The Labute approximate surface area is 95.1 Å². The molecule has 0 radical (unpaired) electrons. The maximum absolute atomic E-state index is 11.3. The van der Waals surface area contributed by atoms with E-state index in [1.807, 2.05) is 0 Å². The molecule has 0 atom stereocenters. The minimum Gasteiger partial charge on any atom is -0.368 e. The highest BCUT2D eigenvalue weighted by atomic mass is 16.5. The van der Waals surface area contributed by atoms with Gasteiger partial charge in [-0.15, -0.1) is 0 Å². The average Bonchev–Trinajstić information content (AvgIpc) is 2.34. The summed E-state index contributed by atoms with van der Waals surface area (Å²) in [5, 5.41) is 8.12. The summed E-state index contributed by atoms with van der Waals surface area (Å²) < 4.78 is 5.43. The molecule has 1 aliphatic rings. The molecule has 2 amide bonds. The maximum Gasteiger partial charge on any atom is 0.246 e. The van der Waals surface area contributed by atoms with Gasteiger partial charge in [0, 0.05) is 7.05 Å². The molecule has 1 rings (SSSR count). The third kappa shape index (κ3) is 5.09. The average molecular weight is 229 g/mol. The molecule has 0 spiro atoms. The van der Waals surface area contributed by atoms with E-state index >= 15 is 0 Å². The van der Waals surface area contributed by atoms with E-state index in [0.717, 1.165) is 25.9 Å². The Kier molecular flexibility index (Phi) is 5.81. The van der Waals surface area contributed by atoms with E-state index < -0.39 is 0 Å². The number of nitrogens with one attached hydrogen (secondary N) is 3. The van der Waals surface area contributed by atoms with Crippen LogP contribution in [0.15, 0.2) is 0 Å². The Morgan fingerprint density at radius 3 is 2.62 bits per heavy atom. The van der Waals surface area contributed by atoms with Gasteiger partial charge in [0.15, 0.2) is 0 Å². The molecule has 0 aromatic carbocycles. The van der Waals surface area contributed by atoms with E-state index in [9.17, 15) is 9.59 Å². The lowest BCUT2D eigenvalue weighted by Gasteiger charge is -2.22. The van der Waals surface area contributed by atoms with Crippen molar-refractivity contribution in [3.8, 4) is 0 Å². The van der Waals surface area contributed by atoms with Gasteiger partial charge in [0.25, 0.3) is 0 Å². The SMILES string of the molecule is CNC(=O)CNC(=O)COC1CCNCC1. The van der Waals surface area contributed by atoms with Crippen molar-refractivity contribution in [2.45, 2.75) is 18.9 Å². The van der Waals surface area contributed by atoms with Crippen molar-refractivity contribution in [3.63, 3.8) is 0 Å². The van der Waals surface area contributed by atoms with Gasteiger partial charge in [-0.05, 0) is 25.9 Å². The molecular weight excluding hydrogens is 210 g/mol. The highest BCUT2D eigenvalue weighted by Crippen LogP contribution is 2.06. The largest absolute Gasteiger partial charge is 0.368 e. The van der Waals surface area contributed by atoms with Crippen molar-refractivity contribution in [2.75, 3.05) is 33.3 Å². The number of carbonyl (C=O) groups excluding carboxylic acids is 2. The summed E-state index contributed by atoms with van der Waals surface area (Å²) in [6.07, 6.45) is 2.03. The number of amides is 2. The van der Waals surface area contributed by atoms with Crippen LogP contribution in [0, 0.1) is 0 Å². The summed E-state index contributed by atoms with van der Waals surface area (Å²) in [7, 11) is 1.53. The lowest BCUT2D eigenvalue weighted by Crippen LogP contribution is -2.39. The number of hydrogen-bond acceptors (Lipinski definition) is 4. The normalized spacial score (nSPS) is 16.8. The van der Waals surface area contributed by atoms with Crippen molar-refractivity contribution in [1.82, 2.24) is 16.0 Å². The molecule has 0 bridgehead atoms. The number of hydrogen-bond donors (Lipinski definition) is 3. The summed E-state index contributed by atoms with van der Waals surface area (Å²) in [6.45, 7) is 1.90. The van der Waals surface area contributed by atoms with Gasteiger partial charge >= 0.3 is 0 Å². The number of piperidine rings is 1. The molecule has 1 saturated heterocycles. The third-order valence-electron chi connectivity index (χ3n) is 2.46. The van der Waals surface area contributed by atoms with Crippen molar-refractivity contribution in [1.29, 1.82) is 0 Å². The van der Waals surface area contributed by atoms with Gasteiger partial charge in [-0.25, -0.2) is 0 Å². The van der Waals surface area contributed by atoms with E-state index in [-0.39, 0.29) is 31.1 Å².